The van der Waals surface area contributed by atoms with E-state index in [0.29, 0.717) is 5.92 Å². The van der Waals surface area contributed by atoms with Gasteiger partial charge in [0.2, 0.25) is 0 Å². The summed E-state index contributed by atoms with van der Waals surface area (Å²) in [5.41, 5.74) is 9.87. The number of unbranched alkanes of at least 4 members (excludes halogenated alkanes) is 1. The fourth-order valence-corrected chi connectivity index (χ4v) is 5.26. The third-order valence-corrected chi connectivity index (χ3v) is 6.88. The van der Waals surface area contributed by atoms with Crippen LogP contribution in [-0.4, -0.2) is 5.75 Å². The molecule has 2 aromatic rings. The summed E-state index contributed by atoms with van der Waals surface area (Å²) in [4.78, 5) is 0. The molecule has 1 aliphatic carbocycles. The molecule has 1 unspecified atom stereocenters. The summed E-state index contributed by atoms with van der Waals surface area (Å²) in [6.45, 7) is 10.7. The third-order valence-electron chi connectivity index (χ3n) is 6.00. The summed E-state index contributed by atoms with van der Waals surface area (Å²) in [5.74, 6) is 1.52. The van der Waals surface area contributed by atoms with Gasteiger partial charge in [-0.3, -0.25) is 0 Å². The van der Waals surface area contributed by atoms with Gasteiger partial charge in [0, 0.05) is 17.4 Å². The molecule has 0 aliphatic heterocycles. The zero-order valence-corrected chi connectivity index (χ0v) is 19.5. The van der Waals surface area contributed by atoms with E-state index in [-0.39, 0.29) is 0 Å². The van der Waals surface area contributed by atoms with Crippen LogP contribution in [-0.2, 0) is 12.8 Å². The molecule has 0 fully saturated rings. The number of nitrogens with one attached hydrogen (secondary N) is 1. The highest BCUT2D eigenvalue weighted by molar-refractivity contribution is 8.00. The van der Waals surface area contributed by atoms with E-state index in [1.165, 1.54) is 51.9 Å². The molecule has 1 nitrogen and oxygen atoms in total. The topological polar surface area (TPSA) is 12.0 Å². The Labute approximate surface area is 187 Å². The minimum absolute atomic E-state index is 0.366. The summed E-state index contributed by atoms with van der Waals surface area (Å²) in [6.07, 6.45) is 12.2. The highest BCUT2D eigenvalue weighted by atomic mass is 32.2. The first kappa shape index (κ1) is 22.5. The summed E-state index contributed by atoms with van der Waals surface area (Å²) in [6, 6.07) is 15.8. The molecule has 30 heavy (non-hydrogen) atoms. The standard InChI is InChI=1S/C28H35NS/c1-5-8-19-30-29-25-17-13-22(14-18-25)20-27-26(10-6-2)23(7-3)15-16-24-12-9-11-21(4)28(24)27/h6-7,9-14,17-18,27,29H,2,5,8,15-16,19-20H2,1,3-4H3/b23-7-,26-10+. The molecule has 3 rings (SSSR count). The molecule has 1 atom stereocenters. The number of aryl methyl sites for hydroxylation is 2. The Kier molecular flexibility index (Phi) is 8.45. The molecule has 0 saturated carbocycles. The summed E-state index contributed by atoms with van der Waals surface area (Å²) >= 11 is 1.80. The summed E-state index contributed by atoms with van der Waals surface area (Å²) in [5, 5.41) is 0. The minimum Gasteiger partial charge on any atom is -0.330 e. The van der Waals surface area contributed by atoms with Crippen molar-refractivity contribution in [2.45, 2.75) is 58.8 Å². The van der Waals surface area contributed by atoms with Gasteiger partial charge >= 0.3 is 0 Å². The zero-order chi connectivity index (χ0) is 21.3. The highest BCUT2D eigenvalue weighted by Gasteiger charge is 2.26. The second-order valence-corrected chi connectivity index (χ2v) is 8.98. The molecule has 0 bridgehead atoms. The van der Waals surface area contributed by atoms with Crippen molar-refractivity contribution in [2.75, 3.05) is 10.5 Å². The number of fused-ring (bicyclic) bond motifs is 1. The van der Waals surface area contributed by atoms with Gasteiger partial charge in [-0.15, -0.1) is 0 Å². The lowest BCUT2D eigenvalue weighted by Gasteiger charge is -2.24. The van der Waals surface area contributed by atoms with Crippen molar-refractivity contribution in [3.8, 4) is 0 Å². The molecule has 0 spiro atoms. The summed E-state index contributed by atoms with van der Waals surface area (Å²) in [7, 11) is 0. The van der Waals surface area contributed by atoms with E-state index >= 15 is 0 Å². The van der Waals surface area contributed by atoms with Crippen molar-refractivity contribution in [2.24, 2.45) is 0 Å². The molecule has 2 heteroatoms. The largest absolute Gasteiger partial charge is 0.330 e. The molecule has 2 aromatic carbocycles. The molecule has 0 aromatic heterocycles. The van der Waals surface area contributed by atoms with Crippen molar-refractivity contribution < 1.29 is 0 Å². The van der Waals surface area contributed by atoms with Gasteiger partial charge < -0.3 is 4.72 Å². The van der Waals surface area contributed by atoms with Crippen molar-refractivity contribution in [1.82, 2.24) is 0 Å². The second kappa shape index (κ2) is 11.3. The number of hydrogen-bond acceptors (Lipinski definition) is 2. The predicted octanol–water partition coefficient (Wildman–Crippen LogP) is 8.19. The molecular formula is C28H35NS. The molecule has 158 valence electrons. The average Bonchev–Trinajstić information content (AvgIpc) is 2.90. The average molecular weight is 418 g/mol. The lowest BCUT2D eigenvalue weighted by atomic mass is 9.80. The van der Waals surface area contributed by atoms with Crippen LogP contribution in [0.1, 0.15) is 61.3 Å². The van der Waals surface area contributed by atoms with Gasteiger partial charge in [-0.1, -0.05) is 80.4 Å². The predicted molar refractivity (Wildman–Crippen MR) is 135 cm³/mol. The number of rotatable bonds is 8. The number of allylic oxidation sites excluding steroid dienone is 5. The van der Waals surface area contributed by atoms with Gasteiger partial charge in [-0.05, 0) is 85.1 Å². The highest BCUT2D eigenvalue weighted by Crippen LogP contribution is 2.41. The zero-order valence-electron chi connectivity index (χ0n) is 18.7. The maximum Gasteiger partial charge on any atom is 0.0440 e. The first-order valence-corrected chi connectivity index (χ1v) is 12.2. The molecule has 1 N–H and O–H groups in total. The molecule has 0 heterocycles. The fourth-order valence-electron chi connectivity index (χ4n) is 4.42. The molecular weight excluding hydrogens is 382 g/mol. The van der Waals surface area contributed by atoms with Gasteiger partial charge in [0.25, 0.3) is 0 Å². The fraction of sp³-hybridized carbons (Fsp3) is 0.357. The van der Waals surface area contributed by atoms with Crippen LogP contribution in [0.3, 0.4) is 0 Å². The van der Waals surface area contributed by atoms with Crippen LogP contribution in [0.25, 0.3) is 0 Å². The van der Waals surface area contributed by atoms with Gasteiger partial charge in [0.1, 0.15) is 0 Å². The van der Waals surface area contributed by atoms with Crippen LogP contribution in [0, 0.1) is 6.92 Å². The third kappa shape index (κ3) is 5.49. The number of benzene rings is 2. The Balaban J connectivity index is 1.89. The van der Waals surface area contributed by atoms with Crippen LogP contribution >= 0.6 is 11.9 Å². The van der Waals surface area contributed by atoms with Gasteiger partial charge in [-0.25, -0.2) is 0 Å². The van der Waals surface area contributed by atoms with E-state index in [9.17, 15) is 0 Å². The quantitative estimate of drug-likeness (QED) is 0.264. The Morgan fingerprint density at radius 1 is 1.13 bits per heavy atom. The first-order valence-electron chi connectivity index (χ1n) is 11.2. The summed E-state index contributed by atoms with van der Waals surface area (Å²) < 4.78 is 3.47. The Morgan fingerprint density at radius 3 is 2.63 bits per heavy atom. The smallest absolute Gasteiger partial charge is 0.0440 e. The van der Waals surface area contributed by atoms with E-state index in [2.05, 4.69) is 86.7 Å². The normalized spacial score (nSPS) is 18.8. The van der Waals surface area contributed by atoms with Crippen LogP contribution in [0.2, 0.25) is 0 Å². The van der Waals surface area contributed by atoms with Crippen LogP contribution in [0.15, 0.2) is 78.4 Å². The Morgan fingerprint density at radius 2 is 1.93 bits per heavy atom. The SMILES string of the molecule is C=C/C=C1\C(=C/C)CCc2cccc(C)c2C1Cc1ccc(NSCCCC)cc1. The number of hydrogen-bond donors (Lipinski definition) is 1. The Hall–Kier alpha value is -2.19. The van der Waals surface area contributed by atoms with Gasteiger partial charge in [0.05, 0.1) is 0 Å². The minimum atomic E-state index is 0.366. The van der Waals surface area contributed by atoms with Crippen molar-refractivity contribution in [3.63, 3.8) is 0 Å². The van der Waals surface area contributed by atoms with E-state index in [0.717, 1.165) is 25.0 Å². The molecule has 0 saturated heterocycles. The Bertz CT molecular complexity index is 905. The van der Waals surface area contributed by atoms with E-state index in [1.54, 1.807) is 11.9 Å². The van der Waals surface area contributed by atoms with E-state index in [4.69, 9.17) is 0 Å². The number of anilines is 1. The maximum atomic E-state index is 4.01. The van der Waals surface area contributed by atoms with E-state index in [1.807, 2.05) is 6.08 Å². The van der Waals surface area contributed by atoms with Crippen molar-refractivity contribution >= 4 is 17.6 Å². The van der Waals surface area contributed by atoms with Crippen molar-refractivity contribution in [1.29, 1.82) is 0 Å². The maximum absolute atomic E-state index is 4.01. The van der Waals surface area contributed by atoms with Crippen LogP contribution in [0.4, 0.5) is 5.69 Å². The van der Waals surface area contributed by atoms with Gasteiger partial charge in [-0.2, -0.15) is 0 Å². The molecule has 0 radical (unpaired) electrons. The lowest BCUT2D eigenvalue weighted by molar-refractivity contribution is 0.787. The van der Waals surface area contributed by atoms with Gasteiger partial charge in [0.15, 0.2) is 0 Å². The second-order valence-electron chi connectivity index (χ2n) is 8.08. The monoisotopic (exact) mass is 417 g/mol. The molecule has 1 aliphatic rings. The molecule has 0 amide bonds. The van der Waals surface area contributed by atoms with Crippen LogP contribution < -0.4 is 4.72 Å². The van der Waals surface area contributed by atoms with Crippen LogP contribution in [0.5, 0.6) is 0 Å². The first-order chi connectivity index (χ1) is 14.7. The van der Waals surface area contributed by atoms with E-state index < -0.39 is 0 Å². The lowest BCUT2D eigenvalue weighted by Crippen LogP contribution is -2.10. The van der Waals surface area contributed by atoms with Crippen molar-refractivity contribution in [3.05, 3.63) is 101 Å².